The van der Waals surface area contributed by atoms with Crippen molar-refractivity contribution in [2.75, 3.05) is 13.1 Å². The summed E-state index contributed by atoms with van der Waals surface area (Å²) in [5.74, 6) is -0.572. The van der Waals surface area contributed by atoms with Crippen LogP contribution in [0.2, 0.25) is 5.02 Å². The van der Waals surface area contributed by atoms with E-state index >= 15 is 0 Å². The molecule has 2 aliphatic heterocycles. The van der Waals surface area contributed by atoms with Gasteiger partial charge in [0.15, 0.2) is 0 Å². The van der Waals surface area contributed by atoms with E-state index in [-0.39, 0.29) is 17.7 Å². The molecule has 7 heteroatoms. The molecule has 3 amide bonds. The maximum atomic E-state index is 12.8. The predicted octanol–water partition coefficient (Wildman–Crippen LogP) is 2.52. The van der Waals surface area contributed by atoms with E-state index in [0.29, 0.717) is 31.0 Å². The van der Waals surface area contributed by atoms with Gasteiger partial charge in [0.1, 0.15) is 12.1 Å². The molecule has 1 aromatic carbocycles. The molecule has 0 aliphatic carbocycles. The third-order valence-electron chi connectivity index (χ3n) is 5.23. The molecule has 2 atom stereocenters. The molecular formula is C21H26ClN3O3. The summed E-state index contributed by atoms with van der Waals surface area (Å²) in [4.78, 5) is 39.3. The van der Waals surface area contributed by atoms with Crippen LogP contribution in [-0.4, -0.2) is 47.8 Å². The van der Waals surface area contributed by atoms with Crippen molar-refractivity contribution in [1.29, 1.82) is 0 Å². The van der Waals surface area contributed by atoms with Gasteiger partial charge in [-0.05, 0) is 62.3 Å². The Hall–Kier alpha value is -2.34. The third kappa shape index (κ3) is 5.35. The summed E-state index contributed by atoms with van der Waals surface area (Å²) < 4.78 is 0. The molecule has 2 heterocycles. The monoisotopic (exact) mass is 403 g/mol. The van der Waals surface area contributed by atoms with Crippen molar-refractivity contribution in [1.82, 2.24) is 15.5 Å². The lowest BCUT2D eigenvalue weighted by molar-refractivity contribution is -0.140. The van der Waals surface area contributed by atoms with E-state index in [1.165, 1.54) is 6.08 Å². The molecule has 2 fully saturated rings. The number of likely N-dealkylation sites (tertiary alicyclic amines) is 1. The van der Waals surface area contributed by atoms with Gasteiger partial charge >= 0.3 is 0 Å². The van der Waals surface area contributed by atoms with Crippen LogP contribution in [0.1, 0.15) is 44.1 Å². The van der Waals surface area contributed by atoms with Crippen LogP contribution in [-0.2, 0) is 14.4 Å². The number of amides is 3. The fourth-order valence-electron chi connectivity index (χ4n) is 3.65. The molecule has 28 heavy (non-hydrogen) atoms. The number of halogens is 1. The fourth-order valence-corrected chi connectivity index (χ4v) is 3.78. The zero-order chi connectivity index (χ0) is 19.9. The van der Waals surface area contributed by atoms with E-state index in [1.54, 1.807) is 23.1 Å². The topological polar surface area (TPSA) is 78.5 Å². The van der Waals surface area contributed by atoms with Crippen LogP contribution in [0.4, 0.5) is 0 Å². The van der Waals surface area contributed by atoms with Gasteiger partial charge < -0.3 is 15.5 Å². The van der Waals surface area contributed by atoms with Crippen LogP contribution < -0.4 is 10.6 Å². The molecule has 2 saturated heterocycles. The molecule has 0 spiro atoms. The van der Waals surface area contributed by atoms with Crippen molar-refractivity contribution in [2.24, 2.45) is 0 Å². The molecule has 3 rings (SSSR count). The zero-order valence-corrected chi connectivity index (χ0v) is 16.6. The summed E-state index contributed by atoms with van der Waals surface area (Å²) in [5.41, 5.74) is 0.867. The first-order valence-electron chi connectivity index (χ1n) is 9.87. The highest BCUT2D eigenvalue weighted by Gasteiger charge is 2.33. The van der Waals surface area contributed by atoms with Crippen molar-refractivity contribution >= 4 is 35.4 Å². The van der Waals surface area contributed by atoms with Gasteiger partial charge in [0, 0.05) is 24.2 Å². The lowest BCUT2D eigenvalue weighted by Gasteiger charge is -2.34. The Labute approximate surface area is 170 Å². The van der Waals surface area contributed by atoms with Crippen LogP contribution in [0.3, 0.4) is 0 Å². The number of benzene rings is 1. The molecule has 0 bridgehead atoms. The number of rotatable bonds is 4. The van der Waals surface area contributed by atoms with Gasteiger partial charge in [-0.3, -0.25) is 14.4 Å². The lowest BCUT2D eigenvalue weighted by Crippen LogP contribution is -2.55. The Morgan fingerprint density at radius 2 is 1.86 bits per heavy atom. The van der Waals surface area contributed by atoms with Gasteiger partial charge in [-0.25, -0.2) is 0 Å². The van der Waals surface area contributed by atoms with Crippen LogP contribution >= 0.6 is 11.6 Å². The van der Waals surface area contributed by atoms with Gasteiger partial charge in [0.2, 0.25) is 17.7 Å². The molecular weight excluding hydrogens is 378 g/mol. The molecule has 150 valence electrons. The second kappa shape index (κ2) is 9.73. The maximum absolute atomic E-state index is 12.8. The second-order valence-electron chi connectivity index (χ2n) is 7.28. The van der Waals surface area contributed by atoms with E-state index in [0.717, 1.165) is 31.2 Å². The molecule has 2 N–H and O–H groups in total. The molecule has 1 aromatic rings. The second-order valence-corrected chi connectivity index (χ2v) is 7.71. The van der Waals surface area contributed by atoms with E-state index in [2.05, 4.69) is 10.6 Å². The van der Waals surface area contributed by atoms with E-state index in [4.69, 9.17) is 11.6 Å². The van der Waals surface area contributed by atoms with Crippen molar-refractivity contribution in [3.05, 3.63) is 40.9 Å². The largest absolute Gasteiger partial charge is 0.354 e. The molecule has 2 aliphatic rings. The number of carbonyl (C=O) groups excluding carboxylic acids is 3. The Morgan fingerprint density at radius 1 is 1.11 bits per heavy atom. The molecule has 6 nitrogen and oxygen atoms in total. The Morgan fingerprint density at radius 3 is 2.64 bits per heavy atom. The molecule has 2 unspecified atom stereocenters. The smallest absolute Gasteiger partial charge is 0.247 e. The fraction of sp³-hybridized carbons (Fsp3) is 0.476. The summed E-state index contributed by atoms with van der Waals surface area (Å²) in [6.07, 6.45) is 8.03. The van der Waals surface area contributed by atoms with Gasteiger partial charge in [0.25, 0.3) is 0 Å². The van der Waals surface area contributed by atoms with Gasteiger partial charge in [-0.15, -0.1) is 0 Å². The van der Waals surface area contributed by atoms with Crippen molar-refractivity contribution < 1.29 is 14.4 Å². The number of nitrogens with one attached hydrogen (secondary N) is 2. The Bertz CT molecular complexity index is 748. The highest BCUT2D eigenvalue weighted by Crippen LogP contribution is 2.19. The lowest BCUT2D eigenvalue weighted by atomic mass is 10.00. The number of carbonyl (C=O) groups is 3. The Balaban J connectivity index is 1.65. The van der Waals surface area contributed by atoms with Crippen LogP contribution in [0.25, 0.3) is 6.08 Å². The van der Waals surface area contributed by atoms with Crippen molar-refractivity contribution in [2.45, 2.75) is 50.6 Å². The summed E-state index contributed by atoms with van der Waals surface area (Å²) in [5, 5.41) is 6.32. The van der Waals surface area contributed by atoms with Crippen LogP contribution in [0.5, 0.6) is 0 Å². The zero-order valence-electron chi connectivity index (χ0n) is 15.8. The minimum atomic E-state index is -0.535. The third-order valence-corrected chi connectivity index (χ3v) is 5.48. The number of nitrogens with zero attached hydrogens (tertiary/aromatic N) is 1. The average Bonchev–Trinajstić information content (AvgIpc) is 2.91. The number of piperidine rings is 1. The maximum Gasteiger partial charge on any atom is 0.247 e. The highest BCUT2D eigenvalue weighted by atomic mass is 35.5. The average molecular weight is 404 g/mol. The summed E-state index contributed by atoms with van der Waals surface area (Å²) in [6, 6.07) is 6.14. The van der Waals surface area contributed by atoms with Gasteiger partial charge in [-0.2, -0.15) is 0 Å². The van der Waals surface area contributed by atoms with E-state index in [9.17, 15) is 14.4 Å². The van der Waals surface area contributed by atoms with Crippen molar-refractivity contribution in [3.8, 4) is 0 Å². The SMILES string of the molecule is O=C1NCCCCC1NC(=O)C1CCCCN1C(=O)/C=C/c1ccc(Cl)cc1. The summed E-state index contributed by atoms with van der Waals surface area (Å²) in [6.45, 7) is 1.19. The van der Waals surface area contributed by atoms with Gasteiger partial charge in [-0.1, -0.05) is 23.7 Å². The van der Waals surface area contributed by atoms with E-state index < -0.39 is 12.1 Å². The van der Waals surface area contributed by atoms with Crippen LogP contribution in [0.15, 0.2) is 30.3 Å². The molecule has 0 saturated carbocycles. The van der Waals surface area contributed by atoms with Crippen molar-refractivity contribution in [3.63, 3.8) is 0 Å². The summed E-state index contributed by atoms with van der Waals surface area (Å²) >= 11 is 5.88. The van der Waals surface area contributed by atoms with E-state index in [1.807, 2.05) is 12.1 Å². The standard InChI is InChI=1S/C21H26ClN3O3/c22-16-10-7-15(8-11-16)9-12-19(26)25-14-4-2-6-18(25)21(28)24-17-5-1-3-13-23-20(17)27/h7-12,17-18H,1-6,13-14H2,(H,23,27)(H,24,28)/b12-9+. The first kappa shape index (κ1) is 20.4. The first-order valence-corrected chi connectivity index (χ1v) is 10.2. The normalized spacial score (nSPS) is 23.2. The first-order chi connectivity index (χ1) is 13.5. The minimum absolute atomic E-state index is 0.137. The predicted molar refractivity (Wildman–Crippen MR) is 109 cm³/mol. The number of hydrogen-bond acceptors (Lipinski definition) is 3. The molecule has 0 radical (unpaired) electrons. The summed E-state index contributed by atoms with van der Waals surface area (Å²) in [7, 11) is 0. The minimum Gasteiger partial charge on any atom is -0.354 e. The Kier molecular flexibility index (Phi) is 7.09. The number of hydrogen-bond donors (Lipinski definition) is 2. The quantitative estimate of drug-likeness (QED) is 0.758. The highest BCUT2D eigenvalue weighted by molar-refractivity contribution is 6.30. The van der Waals surface area contributed by atoms with Crippen LogP contribution in [0, 0.1) is 0 Å². The molecule has 0 aromatic heterocycles. The van der Waals surface area contributed by atoms with Gasteiger partial charge in [0.05, 0.1) is 0 Å².